The van der Waals surface area contributed by atoms with Crippen LogP contribution in [0.15, 0.2) is 48.5 Å². The predicted molar refractivity (Wildman–Crippen MR) is 117 cm³/mol. The molecule has 9 heteroatoms. The van der Waals surface area contributed by atoms with Crippen LogP contribution in [0, 0.1) is 0 Å². The van der Waals surface area contributed by atoms with E-state index in [9.17, 15) is 18.7 Å². The summed E-state index contributed by atoms with van der Waals surface area (Å²) in [5, 5.41) is 0. The van der Waals surface area contributed by atoms with E-state index in [1.807, 2.05) is 0 Å². The molecule has 1 heterocycles. The fraction of sp³-hybridized carbons (Fsp3) is 0.333. The zero-order valence-corrected chi connectivity index (χ0v) is 17.8. The van der Waals surface area contributed by atoms with E-state index < -0.39 is 16.6 Å². The van der Waals surface area contributed by atoms with E-state index in [4.69, 9.17) is 9.47 Å². The highest BCUT2D eigenvalue weighted by molar-refractivity contribution is 8.24. The molecule has 1 saturated heterocycles. The normalized spacial score (nSPS) is 16.5. The average molecular weight is 435 g/mol. The number of carbonyl (C=O) groups excluding carboxylic acids is 2. The number of rotatable bonds is 5. The molecule has 2 aromatic carbocycles. The summed E-state index contributed by atoms with van der Waals surface area (Å²) in [6, 6.07) is 13.8. The number of hydrogen-bond donors (Lipinski definition) is 2. The van der Waals surface area contributed by atoms with E-state index in [0.29, 0.717) is 23.5 Å². The Morgan fingerprint density at radius 1 is 1.00 bits per heavy atom. The average Bonchev–Trinajstić information content (AvgIpc) is 2.77. The molecule has 0 atom stereocenters. The van der Waals surface area contributed by atoms with Crippen molar-refractivity contribution in [2.45, 2.75) is 6.54 Å². The third kappa shape index (κ3) is 5.24. The van der Waals surface area contributed by atoms with E-state index >= 15 is 0 Å². The lowest BCUT2D eigenvalue weighted by Crippen LogP contribution is -2.48. The minimum absolute atomic E-state index is 0.184. The summed E-state index contributed by atoms with van der Waals surface area (Å²) in [6.45, 7) is 0.865. The third-order valence-corrected chi connectivity index (χ3v) is 6.65. The van der Waals surface area contributed by atoms with E-state index in [1.54, 1.807) is 65.4 Å². The standard InChI is InChI=1S/C21H26N2O6S/c1-28-19-9-7-18(8-10-19)23(21(25)22-11-13-30(26,27)14-12-22)15-16-3-5-17(6-4-16)20(24)29-2/h3-10,26-27H,11-15H2,1-2H3. The number of esters is 1. The van der Waals surface area contributed by atoms with Crippen LogP contribution in [0.25, 0.3) is 0 Å². The highest BCUT2D eigenvalue weighted by Crippen LogP contribution is 2.40. The highest BCUT2D eigenvalue weighted by Gasteiger charge is 2.29. The Kier molecular flexibility index (Phi) is 6.86. The second kappa shape index (κ2) is 9.38. The van der Waals surface area contributed by atoms with Gasteiger partial charge in [-0.1, -0.05) is 12.1 Å². The maximum Gasteiger partial charge on any atom is 0.337 e. The Labute approximate surface area is 177 Å². The smallest absolute Gasteiger partial charge is 0.337 e. The Bertz CT molecular complexity index is 875. The molecule has 0 aromatic heterocycles. The van der Waals surface area contributed by atoms with Crippen molar-refractivity contribution in [2.75, 3.05) is 43.7 Å². The van der Waals surface area contributed by atoms with Crippen molar-refractivity contribution >= 4 is 28.3 Å². The number of ether oxygens (including phenoxy) is 2. The summed E-state index contributed by atoms with van der Waals surface area (Å²) in [5.74, 6) is 0.629. The Hall–Kier alpha value is -2.75. The quantitative estimate of drug-likeness (QED) is 0.697. The number of amides is 2. The summed E-state index contributed by atoms with van der Waals surface area (Å²) in [4.78, 5) is 28.2. The van der Waals surface area contributed by atoms with Gasteiger partial charge in [0.2, 0.25) is 0 Å². The number of urea groups is 1. The number of methoxy groups -OCH3 is 2. The molecule has 0 saturated carbocycles. The van der Waals surface area contributed by atoms with Crippen LogP contribution in [0.1, 0.15) is 15.9 Å². The molecule has 2 aromatic rings. The highest BCUT2D eigenvalue weighted by atomic mass is 32.3. The van der Waals surface area contributed by atoms with Gasteiger partial charge in [0.05, 0.1) is 37.8 Å². The molecule has 1 aliphatic rings. The van der Waals surface area contributed by atoms with E-state index in [2.05, 4.69) is 0 Å². The van der Waals surface area contributed by atoms with Gasteiger partial charge in [0.15, 0.2) is 0 Å². The zero-order chi connectivity index (χ0) is 21.7. The first-order chi connectivity index (χ1) is 14.3. The fourth-order valence-corrected chi connectivity index (χ4v) is 4.40. The van der Waals surface area contributed by atoms with Gasteiger partial charge >= 0.3 is 12.0 Å². The molecule has 1 fully saturated rings. The molecule has 30 heavy (non-hydrogen) atoms. The molecule has 8 nitrogen and oxygen atoms in total. The molecule has 0 radical (unpaired) electrons. The molecule has 0 spiro atoms. The molecule has 1 aliphatic heterocycles. The molecular formula is C21H26N2O6S. The van der Waals surface area contributed by atoms with E-state index in [-0.39, 0.29) is 30.6 Å². The first-order valence-electron chi connectivity index (χ1n) is 9.44. The predicted octanol–water partition coefficient (Wildman–Crippen LogP) is 3.67. The Balaban J connectivity index is 1.83. The molecular weight excluding hydrogens is 408 g/mol. The number of nitrogens with zero attached hydrogens (tertiary/aromatic N) is 2. The number of carbonyl (C=O) groups is 2. The monoisotopic (exact) mass is 434 g/mol. The van der Waals surface area contributed by atoms with E-state index in [0.717, 1.165) is 5.56 Å². The van der Waals surface area contributed by atoms with Gasteiger partial charge in [-0.2, -0.15) is 10.6 Å². The zero-order valence-electron chi connectivity index (χ0n) is 17.0. The summed E-state index contributed by atoms with van der Waals surface area (Å²) in [7, 11) is 0.308. The molecule has 162 valence electrons. The lowest BCUT2D eigenvalue weighted by atomic mass is 10.1. The van der Waals surface area contributed by atoms with Crippen molar-refractivity contribution in [2.24, 2.45) is 0 Å². The van der Waals surface area contributed by atoms with Crippen LogP contribution >= 0.6 is 10.6 Å². The van der Waals surface area contributed by atoms with Gasteiger partial charge in [-0.25, -0.2) is 9.59 Å². The van der Waals surface area contributed by atoms with Crippen molar-refractivity contribution < 1.29 is 28.2 Å². The van der Waals surface area contributed by atoms with E-state index in [1.165, 1.54) is 7.11 Å². The van der Waals surface area contributed by atoms with Gasteiger partial charge in [-0.05, 0) is 42.0 Å². The molecule has 0 bridgehead atoms. The van der Waals surface area contributed by atoms with Crippen LogP contribution < -0.4 is 9.64 Å². The summed E-state index contributed by atoms with van der Waals surface area (Å²) >= 11 is 0. The molecule has 0 unspecified atom stereocenters. The van der Waals surface area contributed by atoms with Gasteiger partial charge < -0.3 is 14.4 Å². The van der Waals surface area contributed by atoms with Crippen molar-refractivity contribution in [1.82, 2.24) is 4.90 Å². The molecule has 3 rings (SSSR count). The minimum Gasteiger partial charge on any atom is -0.497 e. The van der Waals surface area contributed by atoms with Crippen molar-refractivity contribution in [1.29, 1.82) is 0 Å². The molecule has 2 amide bonds. The second-order valence-corrected chi connectivity index (χ2v) is 9.37. The van der Waals surface area contributed by atoms with Crippen molar-refractivity contribution in [3.05, 3.63) is 59.7 Å². The maximum absolute atomic E-state index is 13.3. The maximum atomic E-state index is 13.3. The minimum atomic E-state index is -2.60. The van der Waals surface area contributed by atoms with Crippen LogP contribution in [0.2, 0.25) is 0 Å². The van der Waals surface area contributed by atoms with Crippen molar-refractivity contribution in [3.8, 4) is 5.75 Å². The first-order valence-corrected chi connectivity index (χ1v) is 11.3. The Morgan fingerprint density at radius 3 is 2.13 bits per heavy atom. The van der Waals surface area contributed by atoms with Crippen LogP contribution in [0.3, 0.4) is 0 Å². The third-order valence-electron chi connectivity index (χ3n) is 4.98. The van der Waals surface area contributed by atoms with Crippen LogP contribution in [-0.2, 0) is 11.3 Å². The fourth-order valence-electron chi connectivity index (χ4n) is 3.17. The van der Waals surface area contributed by atoms with Gasteiger partial charge in [0.25, 0.3) is 0 Å². The topological polar surface area (TPSA) is 99.5 Å². The summed E-state index contributed by atoms with van der Waals surface area (Å²) in [5.41, 5.74) is 1.97. The number of benzene rings is 2. The van der Waals surface area contributed by atoms with Gasteiger partial charge in [0, 0.05) is 18.8 Å². The number of hydrogen-bond acceptors (Lipinski definition) is 6. The second-order valence-electron chi connectivity index (χ2n) is 6.95. The van der Waals surface area contributed by atoms with Crippen LogP contribution in [0.4, 0.5) is 10.5 Å². The Morgan fingerprint density at radius 2 is 1.60 bits per heavy atom. The molecule has 2 N–H and O–H groups in total. The molecule has 0 aliphatic carbocycles. The summed E-state index contributed by atoms with van der Waals surface area (Å²) < 4.78 is 29.6. The first kappa shape index (κ1) is 21.9. The van der Waals surface area contributed by atoms with Crippen LogP contribution in [0.5, 0.6) is 5.75 Å². The summed E-state index contributed by atoms with van der Waals surface area (Å²) in [6.07, 6.45) is 0. The lowest BCUT2D eigenvalue weighted by Gasteiger charge is -2.42. The van der Waals surface area contributed by atoms with Gasteiger partial charge in [-0.15, -0.1) is 0 Å². The van der Waals surface area contributed by atoms with Crippen LogP contribution in [-0.4, -0.2) is 64.8 Å². The SMILES string of the molecule is COC(=O)c1ccc(CN(C(=O)N2CCS(O)(O)CC2)c2ccc(OC)cc2)cc1. The largest absolute Gasteiger partial charge is 0.497 e. The van der Waals surface area contributed by atoms with Gasteiger partial charge in [0.1, 0.15) is 5.75 Å². The number of anilines is 1. The lowest BCUT2D eigenvalue weighted by molar-refractivity contribution is 0.0600. The van der Waals surface area contributed by atoms with Crippen molar-refractivity contribution in [3.63, 3.8) is 0 Å². The van der Waals surface area contributed by atoms with Gasteiger partial charge in [-0.3, -0.25) is 14.0 Å².